The molecular formula is C19H19NO2. The SMILES string of the molecule is COc1cc(C)c(C)cc1OCc1ccc2ccccc2n1. The van der Waals surface area contributed by atoms with E-state index in [4.69, 9.17) is 9.47 Å². The van der Waals surface area contributed by atoms with Gasteiger partial charge >= 0.3 is 0 Å². The third kappa shape index (κ3) is 2.89. The zero-order valence-corrected chi connectivity index (χ0v) is 13.1. The largest absolute Gasteiger partial charge is 0.493 e. The molecule has 0 aliphatic rings. The molecular weight excluding hydrogens is 274 g/mol. The van der Waals surface area contributed by atoms with E-state index in [2.05, 4.69) is 31.0 Å². The summed E-state index contributed by atoms with van der Waals surface area (Å²) < 4.78 is 11.3. The van der Waals surface area contributed by atoms with Crippen LogP contribution in [0.2, 0.25) is 0 Å². The normalized spacial score (nSPS) is 10.7. The molecule has 0 atom stereocenters. The summed E-state index contributed by atoms with van der Waals surface area (Å²) in [5, 5.41) is 1.13. The highest BCUT2D eigenvalue weighted by molar-refractivity contribution is 5.78. The molecule has 3 nitrogen and oxygen atoms in total. The quantitative estimate of drug-likeness (QED) is 0.712. The summed E-state index contributed by atoms with van der Waals surface area (Å²) in [5.41, 5.74) is 4.25. The van der Waals surface area contributed by atoms with Crippen molar-refractivity contribution in [3.8, 4) is 11.5 Å². The van der Waals surface area contributed by atoms with E-state index in [9.17, 15) is 0 Å². The third-order valence-corrected chi connectivity index (χ3v) is 3.81. The second-order valence-electron chi connectivity index (χ2n) is 5.37. The molecule has 112 valence electrons. The molecule has 3 aromatic rings. The van der Waals surface area contributed by atoms with Gasteiger partial charge in [0.2, 0.25) is 0 Å². The summed E-state index contributed by atoms with van der Waals surface area (Å²) in [5.74, 6) is 1.50. The first kappa shape index (κ1) is 14.4. The minimum atomic E-state index is 0.420. The van der Waals surface area contributed by atoms with Crippen LogP contribution in [-0.4, -0.2) is 12.1 Å². The summed E-state index contributed by atoms with van der Waals surface area (Å²) in [6, 6.07) is 16.1. The van der Waals surface area contributed by atoms with Gasteiger partial charge in [-0.3, -0.25) is 0 Å². The Labute approximate surface area is 130 Å². The van der Waals surface area contributed by atoms with Gasteiger partial charge in [-0.1, -0.05) is 24.3 Å². The first-order valence-electron chi connectivity index (χ1n) is 7.30. The number of benzene rings is 2. The number of methoxy groups -OCH3 is 1. The second-order valence-corrected chi connectivity index (χ2v) is 5.37. The Balaban J connectivity index is 1.83. The molecule has 22 heavy (non-hydrogen) atoms. The zero-order valence-electron chi connectivity index (χ0n) is 13.1. The van der Waals surface area contributed by atoms with Crippen LogP contribution in [0.4, 0.5) is 0 Å². The van der Waals surface area contributed by atoms with Crippen LogP contribution in [0.3, 0.4) is 0 Å². The number of para-hydroxylation sites is 1. The van der Waals surface area contributed by atoms with Crippen LogP contribution < -0.4 is 9.47 Å². The van der Waals surface area contributed by atoms with Crippen LogP contribution in [0.1, 0.15) is 16.8 Å². The van der Waals surface area contributed by atoms with E-state index >= 15 is 0 Å². The number of aryl methyl sites for hydroxylation is 2. The standard InChI is InChI=1S/C19H19NO2/c1-13-10-18(21-3)19(11-14(13)2)22-12-16-9-8-15-6-4-5-7-17(15)20-16/h4-11H,12H2,1-3H3. The fraction of sp³-hybridized carbons (Fsp3) is 0.211. The Kier molecular flexibility index (Phi) is 3.96. The van der Waals surface area contributed by atoms with Gasteiger partial charge in [-0.05, 0) is 49.2 Å². The van der Waals surface area contributed by atoms with Crippen molar-refractivity contribution in [3.05, 3.63) is 65.4 Å². The molecule has 0 saturated heterocycles. The van der Waals surface area contributed by atoms with E-state index in [0.717, 1.165) is 28.1 Å². The number of fused-ring (bicyclic) bond motifs is 1. The molecule has 0 aliphatic heterocycles. The van der Waals surface area contributed by atoms with Gasteiger partial charge in [0.15, 0.2) is 11.5 Å². The fourth-order valence-electron chi connectivity index (χ4n) is 2.38. The van der Waals surface area contributed by atoms with Crippen LogP contribution in [0, 0.1) is 13.8 Å². The van der Waals surface area contributed by atoms with Crippen molar-refractivity contribution in [2.24, 2.45) is 0 Å². The lowest BCUT2D eigenvalue weighted by Gasteiger charge is -2.13. The number of pyridine rings is 1. The van der Waals surface area contributed by atoms with Crippen LogP contribution in [0.5, 0.6) is 11.5 Å². The average molecular weight is 293 g/mol. The van der Waals surface area contributed by atoms with Gasteiger partial charge in [-0.25, -0.2) is 4.98 Å². The Morgan fingerprint density at radius 3 is 2.41 bits per heavy atom. The van der Waals surface area contributed by atoms with E-state index in [1.165, 1.54) is 11.1 Å². The molecule has 3 rings (SSSR count). The molecule has 0 N–H and O–H groups in total. The minimum absolute atomic E-state index is 0.420. The summed E-state index contributed by atoms with van der Waals surface area (Å²) in [7, 11) is 1.66. The molecule has 0 radical (unpaired) electrons. The highest BCUT2D eigenvalue weighted by atomic mass is 16.5. The Hall–Kier alpha value is -2.55. The maximum Gasteiger partial charge on any atom is 0.162 e. The number of ether oxygens (including phenoxy) is 2. The molecule has 0 unspecified atom stereocenters. The Morgan fingerprint density at radius 2 is 1.64 bits per heavy atom. The van der Waals surface area contributed by atoms with Gasteiger partial charge in [0.1, 0.15) is 6.61 Å². The van der Waals surface area contributed by atoms with E-state index in [1.807, 2.05) is 36.4 Å². The number of aromatic nitrogens is 1. The summed E-state index contributed by atoms with van der Waals surface area (Å²) in [4.78, 5) is 4.62. The van der Waals surface area contributed by atoms with Gasteiger partial charge < -0.3 is 9.47 Å². The minimum Gasteiger partial charge on any atom is -0.493 e. The van der Waals surface area contributed by atoms with Crippen molar-refractivity contribution in [2.45, 2.75) is 20.5 Å². The highest BCUT2D eigenvalue weighted by Crippen LogP contribution is 2.30. The maximum absolute atomic E-state index is 5.91. The van der Waals surface area contributed by atoms with Crippen LogP contribution in [0.15, 0.2) is 48.5 Å². The van der Waals surface area contributed by atoms with E-state index < -0.39 is 0 Å². The summed E-state index contributed by atoms with van der Waals surface area (Å²) in [6.07, 6.45) is 0. The van der Waals surface area contributed by atoms with E-state index in [0.29, 0.717) is 6.61 Å². The van der Waals surface area contributed by atoms with Crippen LogP contribution >= 0.6 is 0 Å². The molecule has 1 aromatic heterocycles. The van der Waals surface area contributed by atoms with Crippen molar-refractivity contribution in [2.75, 3.05) is 7.11 Å². The molecule has 0 aliphatic carbocycles. The molecule has 0 spiro atoms. The van der Waals surface area contributed by atoms with Crippen molar-refractivity contribution in [1.29, 1.82) is 0 Å². The summed E-state index contributed by atoms with van der Waals surface area (Å²) in [6.45, 7) is 4.55. The molecule has 0 saturated carbocycles. The van der Waals surface area contributed by atoms with Gasteiger partial charge in [0, 0.05) is 5.39 Å². The number of hydrogen-bond donors (Lipinski definition) is 0. The Bertz CT molecular complexity index is 812. The highest BCUT2D eigenvalue weighted by Gasteiger charge is 2.08. The molecule has 3 heteroatoms. The van der Waals surface area contributed by atoms with Gasteiger partial charge in [-0.2, -0.15) is 0 Å². The average Bonchev–Trinajstić information content (AvgIpc) is 2.55. The van der Waals surface area contributed by atoms with Crippen molar-refractivity contribution < 1.29 is 9.47 Å². The molecule has 2 aromatic carbocycles. The van der Waals surface area contributed by atoms with E-state index in [1.54, 1.807) is 7.11 Å². The monoisotopic (exact) mass is 293 g/mol. The number of nitrogens with zero attached hydrogens (tertiary/aromatic N) is 1. The van der Waals surface area contributed by atoms with Crippen molar-refractivity contribution in [1.82, 2.24) is 4.98 Å². The van der Waals surface area contributed by atoms with Crippen molar-refractivity contribution >= 4 is 10.9 Å². The number of hydrogen-bond acceptors (Lipinski definition) is 3. The fourth-order valence-corrected chi connectivity index (χ4v) is 2.38. The first-order valence-corrected chi connectivity index (χ1v) is 7.30. The van der Waals surface area contributed by atoms with Crippen LogP contribution in [-0.2, 0) is 6.61 Å². The molecule has 0 fully saturated rings. The second kappa shape index (κ2) is 6.06. The lowest BCUT2D eigenvalue weighted by atomic mass is 10.1. The van der Waals surface area contributed by atoms with Gasteiger partial charge in [0.05, 0.1) is 18.3 Å². The summed E-state index contributed by atoms with van der Waals surface area (Å²) >= 11 is 0. The van der Waals surface area contributed by atoms with E-state index in [-0.39, 0.29) is 0 Å². The van der Waals surface area contributed by atoms with Crippen LogP contribution in [0.25, 0.3) is 10.9 Å². The zero-order chi connectivity index (χ0) is 15.5. The van der Waals surface area contributed by atoms with Gasteiger partial charge in [-0.15, -0.1) is 0 Å². The topological polar surface area (TPSA) is 31.4 Å². The van der Waals surface area contributed by atoms with Gasteiger partial charge in [0.25, 0.3) is 0 Å². The number of rotatable bonds is 4. The molecule has 0 bridgehead atoms. The lowest BCUT2D eigenvalue weighted by Crippen LogP contribution is -2.01. The Morgan fingerprint density at radius 1 is 0.909 bits per heavy atom. The smallest absolute Gasteiger partial charge is 0.162 e. The predicted octanol–water partition coefficient (Wildman–Crippen LogP) is 4.44. The maximum atomic E-state index is 5.91. The predicted molar refractivity (Wildman–Crippen MR) is 88.5 cm³/mol. The third-order valence-electron chi connectivity index (χ3n) is 3.81. The molecule has 1 heterocycles. The van der Waals surface area contributed by atoms with Crippen molar-refractivity contribution in [3.63, 3.8) is 0 Å². The lowest BCUT2D eigenvalue weighted by molar-refractivity contribution is 0.280. The first-order chi connectivity index (χ1) is 10.7. The molecule has 0 amide bonds.